The molecule has 2 aromatic carbocycles. The van der Waals surface area contributed by atoms with Gasteiger partial charge >= 0.3 is 18.0 Å². The maximum atomic E-state index is 13.4. The molecule has 5 rings (SSSR count). The van der Waals surface area contributed by atoms with Gasteiger partial charge in [0.2, 0.25) is 0 Å². The number of alkyl carbamates (subject to hydrolysis) is 1. The molecule has 2 fully saturated rings. The summed E-state index contributed by atoms with van der Waals surface area (Å²) >= 11 is 0. The molecule has 2 unspecified atom stereocenters. The number of aromatic nitrogens is 1. The minimum atomic E-state index is -4.19. The molecule has 1 aromatic heterocycles. The molecule has 0 radical (unpaired) electrons. The quantitative estimate of drug-likeness (QED) is 0.181. The van der Waals surface area contributed by atoms with Gasteiger partial charge in [-0.1, -0.05) is 42.5 Å². The largest absolute Gasteiger partial charge is 0.465 e. The van der Waals surface area contributed by atoms with E-state index in [4.69, 9.17) is 4.74 Å². The van der Waals surface area contributed by atoms with Crippen LogP contribution in [0.1, 0.15) is 64.4 Å². The van der Waals surface area contributed by atoms with Crippen LogP contribution in [0.25, 0.3) is 11.1 Å². The predicted molar refractivity (Wildman–Crippen MR) is 170 cm³/mol. The molecule has 3 aromatic rings. The summed E-state index contributed by atoms with van der Waals surface area (Å²) in [6.45, 7) is 5.37. The fourth-order valence-electron chi connectivity index (χ4n) is 5.99. The standard InChI is InChI=1S/C32H37N5O8S/c1-32(2,3)45-30(38)34-22-10-12-23(13-11-22)36(31(39)40)28-18-26(28)25-15-9-21(20-7-5-4-6-8-20)17-27(25)35-46(43,44)24-14-16-29(33-19-24)37(41)42/h4-9,14-17,19,22-23,26,28,35H,10-13,18H2,1-3H3,(H,34,38)(H,39,40). The minimum Gasteiger partial charge on any atom is -0.465 e. The van der Waals surface area contributed by atoms with E-state index in [9.17, 15) is 33.2 Å². The number of carbonyl (C=O) groups is 2. The van der Waals surface area contributed by atoms with Gasteiger partial charge in [0.1, 0.15) is 10.5 Å². The van der Waals surface area contributed by atoms with Crippen LogP contribution < -0.4 is 10.0 Å². The highest BCUT2D eigenvalue weighted by molar-refractivity contribution is 7.92. The summed E-state index contributed by atoms with van der Waals surface area (Å²) in [5, 5.41) is 24.2. The minimum absolute atomic E-state index is 0.114. The average Bonchev–Trinajstić information content (AvgIpc) is 3.77. The summed E-state index contributed by atoms with van der Waals surface area (Å²) in [7, 11) is -4.19. The van der Waals surface area contributed by atoms with Gasteiger partial charge in [-0.3, -0.25) is 4.72 Å². The third kappa shape index (κ3) is 7.73. The lowest BCUT2D eigenvalue weighted by molar-refractivity contribution is -0.389. The smallest absolute Gasteiger partial charge is 0.407 e. The molecule has 3 N–H and O–H groups in total. The fraction of sp³-hybridized carbons (Fsp3) is 0.406. The van der Waals surface area contributed by atoms with E-state index < -0.39 is 38.6 Å². The Morgan fingerprint density at radius 3 is 2.30 bits per heavy atom. The van der Waals surface area contributed by atoms with Gasteiger partial charge in [0.05, 0.1) is 5.69 Å². The van der Waals surface area contributed by atoms with Gasteiger partial charge in [-0.15, -0.1) is 0 Å². The second-order valence-electron chi connectivity index (χ2n) is 12.6. The Hall–Kier alpha value is -4.72. The molecule has 2 amide bonds. The van der Waals surface area contributed by atoms with Crippen LogP contribution in [0.4, 0.5) is 21.1 Å². The van der Waals surface area contributed by atoms with E-state index in [0.29, 0.717) is 43.4 Å². The molecule has 244 valence electrons. The highest BCUT2D eigenvalue weighted by Crippen LogP contribution is 2.50. The summed E-state index contributed by atoms with van der Waals surface area (Å²) in [6.07, 6.45) is 2.24. The lowest BCUT2D eigenvalue weighted by atomic mass is 9.90. The van der Waals surface area contributed by atoms with Crippen LogP contribution in [0.3, 0.4) is 0 Å². The van der Waals surface area contributed by atoms with Gasteiger partial charge < -0.3 is 30.2 Å². The first-order valence-electron chi connectivity index (χ1n) is 15.1. The van der Waals surface area contributed by atoms with E-state index in [1.54, 1.807) is 26.8 Å². The third-order valence-corrected chi connectivity index (χ3v) is 9.52. The second-order valence-corrected chi connectivity index (χ2v) is 14.3. The number of benzene rings is 2. The van der Waals surface area contributed by atoms with Crippen molar-refractivity contribution in [1.82, 2.24) is 15.2 Å². The van der Waals surface area contributed by atoms with Gasteiger partial charge in [0, 0.05) is 30.1 Å². The highest BCUT2D eigenvalue weighted by atomic mass is 32.2. The Labute approximate surface area is 267 Å². The lowest BCUT2D eigenvalue weighted by Gasteiger charge is -2.36. The Kier molecular flexibility index (Phi) is 9.20. The number of rotatable bonds is 9. The summed E-state index contributed by atoms with van der Waals surface area (Å²) in [5.74, 6) is -0.735. The number of amides is 2. The molecular formula is C32H37N5O8S. The van der Waals surface area contributed by atoms with Gasteiger partial charge in [0.25, 0.3) is 10.0 Å². The van der Waals surface area contributed by atoms with Crippen molar-refractivity contribution in [3.05, 3.63) is 82.5 Å². The number of sulfonamides is 1. The van der Waals surface area contributed by atoms with Crippen LogP contribution in [0, 0.1) is 10.1 Å². The Bertz CT molecular complexity index is 1700. The second kappa shape index (κ2) is 12.9. The first-order valence-corrected chi connectivity index (χ1v) is 16.5. The maximum Gasteiger partial charge on any atom is 0.407 e. The number of carbonyl (C=O) groups excluding carboxylic acids is 1. The van der Waals surface area contributed by atoms with E-state index in [-0.39, 0.29) is 28.9 Å². The molecule has 0 saturated heterocycles. The molecule has 2 aliphatic rings. The Morgan fingerprint density at radius 2 is 1.72 bits per heavy atom. The average molecular weight is 652 g/mol. The maximum absolute atomic E-state index is 13.4. The van der Waals surface area contributed by atoms with Gasteiger partial charge in [0.15, 0.2) is 6.20 Å². The molecule has 0 bridgehead atoms. The van der Waals surface area contributed by atoms with Crippen LogP contribution in [0.5, 0.6) is 0 Å². The van der Waals surface area contributed by atoms with Gasteiger partial charge in [-0.25, -0.2) is 18.0 Å². The molecule has 13 nitrogen and oxygen atoms in total. The SMILES string of the molecule is CC(C)(C)OC(=O)NC1CCC(N(C(=O)O)C2CC2c2ccc(-c3ccccc3)cc2NS(=O)(=O)c2ccc([N+](=O)[O-])nc2)CC1. The zero-order valence-corrected chi connectivity index (χ0v) is 26.6. The van der Waals surface area contributed by atoms with Crippen molar-refractivity contribution >= 4 is 33.7 Å². The lowest BCUT2D eigenvalue weighted by Crippen LogP contribution is -2.47. The molecule has 2 saturated carbocycles. The molecule has 14 heteroatoms. The number of hydrogen-bond acceptors (Lipinski definition) is 8. The molecular weight excluding hydrogens is 614 g/mol. The number of nitro groups is 1. The van der Waals surface area contributed by atoms with Crippen molar-refractivity contribution < 1.29 is 32.8 Å². The van der Waals surface area contributed by atoms with Gasteiger partial charge in [-0.2, -0.15) is 0 Å². The number of anilines is 1. The predicted octanol–water partition coefficient (Wildman–Crippen LogP) is 6.13. The van der Waals surface area contributed by atoms with Crippen molar-refractivity contribution in [3.8, 4) is 11.1 Å². The number of nitrogens with one attached hydrogen (secondary N) is 2. The van der Waals surface area contributed by atoms with Crippen LogP contribution in [-0.2, 0) is 14.8 Å². The first-order chi connectivity index (χ1) is 21.7. The van der Waals surface area contributed by atoms with Crippen LogP contribution in [0.15, 0.2) is 71.8 Å². The zero-order valence-electron chi connectivity index (χ0n) is 25.8. The van der Waals surface area contributed by atoms with E-state index in [2.05, 4.69) is 15.0 Å². The number of hydrogen-bond donors (Lipinski definition) is 3. The van der Waals surface area contributed by atoms with Gasteiger partial charge in [-0.05, 0) is 91.6 Å². The molecule has 0 spiro atoms. The summed E-state index contributed by atoms with van der Waals surface area (Å²) in [4.78, 5) is 40.0. The Balaban J connectivity index is 1.36. The van der Waals surface area contributed by atoms with Crippen LogP contribution in [-0.4, -0.2) is 64.2 Å². The summed E-state index contributed by atoms with van der Waals surface area (Å²) in [6, 6.07) is 16.2. The summed E-state index contributed by atoms with van der Waals surface area (Å²) in [5.41, 5.74) is 1.94. The molecule has 2 atom stereocenters. The van der Waals surface area contributed by atoms with Crippen LogP contribution >= 0.6 is 0 Å². The number of ether oxygens (including phenoxy) is 1. The topological polar surface area (TPSA) is 181 Å². The van der Waals surface area contributed by atoms with Crippen LogP contribution in [0.2, 0.25) is 0 Å². The molecule has 2 aliphatic carbocycles. The molecule has 46 heavy (non-hydrogen) atoms. The highest BCUT2D eigenvalue weighted by Gasteiger charge is 2.49. The normalized spacial score (nSPS) is 21.1. The number of nitrogens with zero attached hydrogens (tertiary/aromatic N) is 3. The van der Waals surface area contributed by atoms with Crippen molar-refractivity contribution in [3.63, 3.8) is 0 Å². The summed E-state index contributed by atoms with van der Waals surface area (Å²) < 4.78 is 34.8. The number of pyridine rings is 1. The van der Waals surface area contributed by atoms with Crippen molar-refractivity contribution in [2.75, 3.05) is 4.72 Å². The van der Waals surface area contributed by atoms with Crippen molar-refractivity contribution in [2.45, 2.75) is 87.4 Å². The fourth-order valence-corrected chi connectivity index (χ4v) is 7.01. The van der Waals surface area contributed by atoms with E-state index >= 15 is 0 Å². The first kappa shape index (κ1) is 32.7. The van der Waals surface area contributed by atoms with Crippen molar-refractivity contribution in [1.29, 1.82) is 0 Å². The van der Waals surface area contributed by atoms with E-state index in [1.165, 1.54) is 4.90 Å². The molecule has 0 aliphatic heterocycles. The number of carboxylic acid groups (broad SMARTS) is 1. The van der Waals surface area contributed by atoms with E-state index in [1.807, 2.05) is 42.5 Å². The third-order valence-electron chi connectivity index (χ3n) is 8.17. The molecule has 1 heterocycles. The zero-order chi connectivity index (χ0) is 33.2. The monoisotopic (exact) mass is 651 g/mol. The van der Waals surface area contributed by atoms with Crippen molar-refractivity contribution in [2.24, 2.45) is 0 Å². The van der Waals surface area contributed by atoms with E-state index in [0.717, 1.165) is 29.5 Å². The Morgan fingerprint density at radius 1 is 1.02 bits per heavy atom.